The van der Waals surface area contributed by atoms with Crippen LogP contribution >= 0.6 is 11.6 Å². The van der Waals surface area contributed by atoms with E-state index in [0.717, 1.165) is 6.26 Å². The van der Waals surface area contributed by atoms with Gasteiger partial charge in [-0.3, -0.25) is 4.79 Å². The summed E-state index contributed by atoms with van der Waals surface area (Å²) < 4.78 is 35.4. The van der Waals surface area contributed by atoms with Crippen molar-refractivity contribution in [2.45, 2.75) is 24.5 Å². The Balaban J connectivity index is 3.40. The number of carbonyl (C=O) groups is 1. The first-order valence-corrected chi connectivity index (χ1v) is 7.88. The van der Waals surface area contributed by atoms with E-state index in [-0.39, 0.29) is 10.6 Å². The Bertz CT molecular complexity index is 692. The number of nitriles is 1. The Labute approximate surface area is 122 Å². The smallest absolute Gasteiger partial charge is 0.175 e. The highest BCUT2D eigenvalue weighted by Gasteiger charge is 2.43. The van der Waals surface area contributed by atoms with Gasteiger partial charge in [0.05, 0.1) is 11.1 Å². The maximum atomic E-state index is 13.9. The zero-order chi connectivity index (χ0) is 15.7. The average molecular weight is 318 g/mol. The number of Topliss-reactive ketones (excluding diaryl/α,β-unsaturated/α-hetero) is 1. The number of halogens is 2. The summed E-state index contributed by atoms with van der Waals surface area (Å²) >= 11 is 5.61. The van der Waals surface area contributed by atoms with Crippen LogP contribution in [0.5, 0.6) is 0 Å². The maximum Gasteiger partial charge on any atom is 0.175 e. The second kappa shape index (κ2) is 5.51. The molecule has 0 heterocycles. The van der Waals surface area contributed by atoms with E-state index in [1.54, 1.807) is 6.07 Å². The molecule has 0 aliphatic rings. The first kappa shape index (κ1) is 16.6. The molecular weight excluding hydrogens is 305 g/mol. The topological polar surface area (TPSA) is 75.0 Å². The van der Waals surface area contributed by atoms with Crippen LogP contribution in [0.25, 0.3) is 0 Å². The van der Waals surface area contributed by atoms with Crippen LogP contribution < -0.4 is 0 Å². The molecule has 0 saturated carbocycles. The lowest BCUT2D eigenvalue weighted by molar-refractivity contribution is -0.121. The van der Waals surface area contributed by atoms with E-state index in [1.165, 1.54) is 32.0 Å². The minimum absolute atomic E-state index is 0.221. The molecule has 0 radical (unpaired) electrons. The summed E-state index contributed by atoms with van der Waals surface area (Å²) in [5, 5.41) is 8.89. The van der Waals surface area contributed by atoms with Crippen LogP contribution in [-0.4, -0.2) is 25.2 Å². The highest BCUT2D eigenvalue weighted by atomic mass is 35.5. The van der Waals surface area contributed by atoms with E-state index in [4.69, 9.17) is 16.9 Å². The van der Waals surface area contributed by atoms with E-state index in [0.29, 0.717) is 0 Å². The number of ketones is 1. The minimum atomic E-state index is -3.74. The number of rotatable bonds is 4. The van der Waals surface area contributed by atoms with Crippen molar-refractivity contribution in [3.05, 3.63) is 34.6 Å². The van der Waals surface area contributed by atoms with Gasteiger partial charge in [-0.1, -0.05) is 23.7 Å². The summed E-state index contributed by atoms with van der Waals surface area (Å²) in [5.74, 6) is -3.31. The van der Waals surface area contributed by atoms with Crippen molar-refractivity contribution in [3.63, 3.8) is 0 Å². The summed E-state index contributed by atoms with van der Waals surface area (Å²) in [6.45, 7) is 2.38. The summed E-state index contributed by atoms with van der Waals surface area (Å²) in [6.07, 6.45) is 0.896. The van der Waals surface area contributed by atoms with E-state index in [9.17, 15) is 17.6 Å². The molecule has 0 bridgehead atoms. The lowest BCUT2D eigenvalue weighted by Gasteiger charge is -2.23. The molecule has 0 fully saturated rings. The van der Waals surface area contributed by atoms with Gasteiger partial charge in [-0.15, -0.1) is 0 Å². The standard InChI is InChI=1S/C13H13ClFNO3S/c1-13(2,20(3,18)19)12(17)9(7-16)8-5-4-6-10(14)11(8)15/h4-6,9H,1-3H3. The fourth-order valence-corrected chi connectivity index (χ4v) is 2.21. The van der Waals surface area contributed by atoms with Gasteiger partial charge in [-0.25, -0.2) is 12.8 Å². The van der Waals surface area contributed by atoms with E-state index in [1.807, 2.05) is 0 Å². The van der Waals surface area contributed by atoms with Crippen LogP contribution in [-0.2, 0) is 14.6 Å². The summed E-state index contributed by atoms with van der Waals surface area (Å²) in [6, 6.07) is 5.57. The third-order valence-electron chi connectivity index (χ3n) is 3.20. The van der Waals surface area contributed by atoms with Gasteiger partial charge >= 0.3 is 0 Å². The molecule has 1 aromatic rings. The van der Waals surface area contributed by atoms with Crippen molar-refractivity contribution < 1.29 is 17.6 Å². The van der Waals surface area contributed by atoms with Gasteiger partial charge in [0, 0.05) is 11.8 Å². The zero-order valence-electron chi connectivity index (χ0n) is 11.1. The molecule has 7 heteroatoms. The van der Waals surface area contributed by atoms with Crippen molar-refractivity contribution in [2.75, 3.05) is 6.26 Å². The zero-order valence-corrected chi connectivity index (χ0v) is 12.7. The lowest BCUT2D eigenvalue weighted by atomic mass is 9.89. The molecule has 1 rings (SSSR count). The molecule has 0 saturated heterocycles. The Morgan fingerprint density at radius 2 is 2.00 bits per heavy atom. The molecule has 0 aliphatic heterocycles. The Kier molecular flexibility index (Phi) is 4.57. The normalized spacial score (nSPS) is 13.6. The molecule has 0 aromatic heterocycles. The largest absolute Gasteiger partial charge is 0.296 e. The van der Waals surface area contributed by atoms with Crippen LogP contribution in [0.2, 0.25) is 5.02 Å². The van der Waals surface area contributed by atoms with Gasteiger partial charge in [0.2, 0.25) is 0 Å². The second-order valence-corrected chi connectivity index (χ2v) is 7.82. The number of benzene rings is 1. The quantitative estimate of drug-likeness (QED) is 0.855. The Morgan fingerprint density at radius 3 is 2.45 bits per heavy atom. The summed E-state index contributed by atoms with van der Waals surface area (Å²) in [5.41, 5.74) is -0.221. The maximum absolute atomic E-state index is 13.9. The lowest BCUT2D eigenvalue weighted by Crippen LogP contribution is -2.42. The fraction of sp³-hybridized carbons (Fsp3) is 0.385. The van der Waals surface area contributed by atoms with E-state index >= 15 is 0 Å². The van der Waals surface area contributed by atoms with Crippen LogP contribution in [0.4, 0.5) is 4.39 Å². The molecule has 4 nitrogen and oxygen atoms in total. The SMILES string of the molecule is CC(C)(C(=O)C(C#N)c1cccc(Cl)c1F)S(C)(=O)=O. The minimum Gasteiger partial charge on any atom is -0.296 e. The fourth-order valence-electron chi connectivity index (χ4n) is 1.54. The molecule has 0 aliphatic carbocycles. The first-order chi connectivity index (χ1) is 9.04. The monoisotopic (exact) mass is 317 g/mol. The number of hydrogen-bond donors (Lipinski definition) is 0. The highest BCUT2D eigenvalue weighted by molar-refractivity contribution is 7.92. The highest BCUT2D eigenvalue weighted by Crippen LogP contribution is 2.30. The molecule has 1 aromatic carbocycles. The van der Waals surface area contributed by atoms with Gasteiger partial charge in [0.1, 0.15) is 16.5 Å². The molecule has 0 amide bonds. The Hall–Kier alpha value is -1.45. The molecule has 1 atom stereocenters. The predicted molar refractivity (Wildman–Crippen MR) is 73.7 cm³/mol. The van der Waals surface area contributed by atoms with Gasteiger partial charge < -0.3 is 0 Å². The van der Waals surface area contributed by atoms with Crippen molar-refractivity contribution in [1.82, 2.24) is 0 Å². The van der Waals surface area contributed by atoms with Gasteiger partial charge in [-0.05, 0) is 19.9 Å². The van der Waals surface area contributed by atoms with Crippen molar-refractivity contribution in [2.24, 2.45) is 0 Å². The van der Waals surface area contributed by atoms with Crippen LogP contribution in [0.15, 0.2) is 18.2 Å². The third-order valence-corrected chi connectivity index (χ3v) is 5.55. The summed E-state index contributed by atoms with van der Waals surface area (Å²) in [4.78, 5) is 12.3. The molecule has 0 N–H and O–H groups in total. The van der Waals surface area contributed by atoms with Crippen LogP contribution in [0.3, 0.4) is 0 Å². The van der Waals surface area contributed by atoms with Crippen LogP contribution in [0, 0.1) is 17.1 Å². The number of carbonyl (C=O) groups excluding carboxylic acids is 1. The van der Waals surface area contributed by atoms with Gasteiger partial charge in [-0.2, -0.15) is 5.26 Å². The molecule has 108 valence electrons. The van der Waals surface area contributed by atoms with Crippen molar-refractivity contribution in [1.29, 1.82) is 5.26 Å². The van der Waals surface area contributed by atoms with Crippen LogP contribution in [0.1, 0.15) is 25.3 Å². The van der Waals surface area contributed by atoms with Crippen molar-refractivity contribution in [3.8, 4) is 6.07 Å². The van der Waals surface area contributed by atoms with E-state index in [2.05, 4.69) is 0 Å². The number of nitrogens with zero attached hydrogens (tertiary/aromatic N) is 1. The second-order valence-electron chi connectivity index (χ2n) is 4.85. The first-order valence-electron chi connectivity index (χ1n) is 5.61. The predicted octanol–water partition coefficient (Wildman–Crippen LogP) is 2.48. The van der Waals surface area contributed by atoms with Gasteiger partial charge in [0.15, 0.2) is 15.6 Å². The van der Waals surface area contributed by atoms with Crippen molar-refractivity contribution >= 4 is 27.2 Å². The van der Waals surface area contributed by atoms with Gasteiger partial charge in [0.25, 0.3) is 0 Å². The molecular formula is C13H13ClFNO3S. The average Bonchev–Trinajstić information content (AvgIpc) is 2.33. The number of hydrogen-bond acceptors (Lipinski definition) is 4. The van der Waals surface area contributed by atoms with E-state index < -0.39 is 32.1 Å². The molecule has 20 heavy (non-hydrogen) atoms. The number of sulfone groups is 1. The Morgan fingerprint density at radius 1 is 1.45 bits per heavy atom. The summed E-state index contributed by atoms with van der Waals surface area (Å²) in [7, 11) is -3.74. The molecule has 0 spiro atoms. The third kappa shape index (κ3) is 2.84. The molecule has 1 unspecified atom stereocenters.